The SMILES string of the molecule is Cc1cc([C@H]2[C@@H](c3ccccn3)NC(=S)N2c2ccccc2)c(C)n1-c1ccccn1. The first-order valence-corrected chi connectivity index (χ1v) is 10.7. The molecule has 3 aromatic heterocycles. The quantitative estimate of drug-likeness (QED) is 0.463. The molecule has 31 heavy (non-hydrogen) atoms. The van der Waals surface area contributed by atoms with E-state index in [2.05, 4.69) is 62.9 Å². The molecule has 154 valence electrons. The highest BCUT2D eigenvalue weighted by atomic mass is 32.1. The number of pyridine rings is 2. The average Bonchev–Trinajstić information content (AvgIpc) is 3.30. The second kappa shape index (κ2) is 7.96. The number of aryl methyl sites for hydroxylation is 1. The van der Waals surface area contributed by atoms with Crippen molar-refractivity contribution < 1.29 is 0 Å². The monoisotopic (exact) mass is 425 g/mol. The van der Waals surface area contributed by atoms with E-state index in [0.717, 1.165) is 28.6 Å². The number of rotatable bonds is 4. The molecule has 0 bridgehead atoms. The van der Waals surface area contributed by atoms with Crippen molar-refractivity contribution in [1.82, 2.24) is 19.9 Å². The molecule has 1 aliphatic heterocycles. The molecular formula is C25H23N5S. The topological polar surface area (TPSA) is 46.0 Å². The van der Waals surface area contributed by atoms with Crippen LogP contribution >= 0.6 is 12.2 Å². The lowest BCUT2D eigenvalue weighted by Crippen LogP contribution is -2.29. The maximum Gasteiger partial charge on any atom is 0.174 e. The van der Waals surface area contributed by atoms with Gasteiger partial charge >= 0.3 is 0 Å². The Labute approximate surface area is 187 Å². The summed E-state index contributed by atoms with van der Waals surface area (Å²) in [6.45, 7) is 4.27. The van der Waals surface area contributed by atoms with Crippen molar-refractivity contribution in [2.24, 2.45) is 0 Å². The van der Waals surface area contributed by atoms with Crippen LogP contribution in [-0.4, -0.2) is 19.6 Å². The first kappa shape index (κ1) is 19.5. The molecule has 1 aromatic carbocycles. The van der Waals surface area contributed by atoms with Crippen LogP contribution in [-0.2, 0) is 0 Å². The van der Waals surface area contributed by atoms with E-state index in [1.165, 1.54) is 5.56 Å². The van der Waals surface area contributed by atoms with Gasteiger partial charge in [-0.2, -0.15) is 0 Å². The van der Waals surface area contributed by atoms with Crippen LogP contribution in [0.15, 0.2) is 85.2 Å². The van der Waals surface area contributed by atoms with Gasteiger partial charge in [0.2, 0.25) is 0 Å². The zero-order valence-electron chi connectivity index (χ0n) is 17.4. The van der Waals surface area contributed by atoms with Gasteiger partial charge in [-0.1, -0.05) is 30.3 Å². The molecule has 1 saturated heterocycles. The van der Waals surface area contributed by atoms with Gasteiger partial charge in [0.1, 0.15) is 5.82 Å². The molecule has 1 N–H and O–H groups in total. The highest BCUT2D eigenvalue weighted by Gasteiger charge is 2.42. The van der Waals surface area contributed by atoms with E-state index < -0.39 is 0 Å². The maximum absolute atomic E-state index is 5.82. The maximum atomic E-state index is 5.82. The highest BCUT2D eigenvalue weighted by molar-refractivity contribution is 7.80. The first-order valence-electron chi connectivity index (χ1n) is 10.3. The summed E-state index contributed by atoms with van der Waals surface area (Å²) in [7, 11) is 0. The summed E-state index contributed by atoms with van der Waals surface area (Å²) in [6.07, 6.45) is 3.66. The molecule has 1 aliphatic rings. The third-order valence-corrected chi connectivity index (χ3v) is 6.11. The van der Waals surface area contributed by atoms with E-state index in [0.29, 0.717) is 5.11 Å². The van der Waals surface area contributed by atoms with Gasteiger partial charge in [0.05, 0.1) is 17.8 Å². The fourth-order valence-electron chi connectivity index (χ4n) is 4.46. The van der Waals surface area contributed by atoms with Gasteiger partial charge < -0.3 is 14.8 Å². The number of anilines is 1. The van der Waals surface area contributed by atoms with E-state index in [1.807, 2.05) is 60.9 Å². The third-order valence-electron chi connectivity index (χ3n) is 5.80. The molecule has 4 aromatic rings. The fourth-order valence-corrected chi connectivity index (χ4v) is 4.81. The van der Waals surface area contributed by atoms with Crippen molar-refractivity contribution in [1.29, 1.82) is 0 Å². The highest BCUT2D eigenvalue weighted by Crippen LogP contribution is 2.43. The molecule has 5 rings (SSSR count). The minimum Gasteiger partial charge on any atom is -0.351 e. The molecular weight excluding hydrogens is 402 g/mol. The molecule has 0 radical (unpaired) electrons. The normalized spacial score (nSPS) is 18.3. The molecule has 2 atom stereocenters. The van der Waals surface area contributed by atoms with Gasteiger partial charge in [0.25, 0.3) is 0 Å². The summed E-state index contributed by atoms with van der Waals surface area (Å²) >= 11 is 5.82. The van der Waals surface area contributed by atoms with Crippen LogP contribution in [0.2, 0.25) is 0 Å². The number of nitrogens with one attached hydrogen (secondary N) is 1. The van der Waals surface area contributed by atoms with Gasteiger partial charge in [-0.25, -0.2) is 4.98 Å². The Morgan fingerprint density at radius 2 is 1.58 bits per heavy atom. The predicted octanol–water partition coefficient (Wildman–Crippen LogP) is 5.06. The molecule has 5 nitrogen and oxygen atoms in total. The Morgan fingerprint density at radius 3 is 2.26 bits per heavy atom. The van der Waals surface area contributed by atoms with Crippen molar-refractivity contribution >= 4 is 23.0 Å². The molecule has 0 aliphatic carbocycles. The molecule has 1 fully saturated rings. The smallest absolute Gasteiger partial charge is 0.174 e. The Hall–Kier alpha value is -3.51. The molecule has 6 heteroatoms. The van der Waals surface area contributed by atoms with Crippen molar-refractivity contribution in [2.75, 3.05) is 4.90 Å². The van der Waals surface area contributed by atoms with E-state index in [4.69, 9.17) is 12.2 Å². The van der Waals surface area contributed by atoms with Gasteiger partial charge in [-0.3, -0.25) is 4.98 Å². The Balaban J connectivity index is 1.68. The van der Waals surface area contributed by atoms with Crippen molar-refractivity contribution in [3.05, 3.63) is 108 Å². The van der Waals surface area contributed by atoms with Crippen molar-refractivity contribution in [2.45, 2.75) is 25.9 Å². The number of para-hydroxylation sites is 1. The number of nitrogens with zero attached hydrogens (tertiary/aromatic N) is 4. The first-order chi connectivity index (χ1) is 15.1. The van der Waals surface area contributed by atoms with Crippen LogP contribution in [0.4, 0.5) is 5.69 Å². The zero-order chi connectivity index (χ0) is 21.4. The van der Waals surface area contributed by atoms with Crippen LogP contribution in [0.3, 0.4) is 0 Å². The van der Waals surface area contributed by atoms with Crippen LogP contribution < -0.4 is 10.2 Å². The molecule has 0 spiro atoms. The van der Waals surface area contributed by atoms with E-state index in [1.54, 1.807) is 0 Å². The number of aromatic nitrogens is 3. The van der Waals surface area contributed by atoms with E-state index in [9.17, 15) is 0 Å². The summed E-state index contributed by atoms with van der Waals surface area (Å²) in [4.78, 5) is 11.4. The largest absolute Gasteiger partial charge is 0.351 e. The predicted molar refractivity (Wildman–Crippen MR) is 127 cm³/mol. The van der Waals surface area contributed by atoms with E-state index in [-0.39, 0.29) is 12.1 Å². The summed E-state index contributed by atoms with van der Waals surface area (Å²) in [5, 5.41) is 4.24. The van der Waals surface area contributed by atoms with Gasteiger partial charge in [-0.05, 0) is 74.1 Å². The van der Waals surface area contributed by atoms with Crippen LogP contribution in [0.5, 0.6) is 0 Å². The Bertz CT molecular complexity index is 1200. The lowest BCUT2D eigenvalue weighted by Gasteiger charge is -2.28. The van der Waals surface area contributed by atoms with Gasteiger partial charge in [0.15, 0.2) is 5.11 Å². The summed E-state index contributed by atoms with van der Waals surface area (Å²) in [5.41, 5.74) is 5.52. The lowest BCUT2D eigenvalue weighted by molar-refractivity contribution is 0.565. The molecule has 4 heterocycles. The summed E-state index contributed by atoms with van der Waals surface area (Å²) in [6, 6.07) is 24.4. The second-order valence-corrected chi connectivity index (χ2v) is 8.07. The zero-order valence-corrected chi connectivity index (χ0v) is 18.3. The molecule has 0 unspecified atom stereocenters. The van der Waals surface area contributed by atoms with Crippen molar-refractivity contribution in [3.63, 3.8) is 0 Å². The fraction of sp³-hybridized carbons (Fsp3) is 0.160. The van der Waals surface area contributed by atoms with Gasteiger partial charge in [0, 0.05) is 29.5 Å². The average molecular weight is 426 g/mol. The number of hydrogen-bond acceptors (Lipinski definition) is 3. The van der Waals surface area contributed by atoms with Crippen LogP contribution in [0, 0.1) is 13.8 Å². The minimum atomic E-state index is -0.0633. The lowest BCUT2D eigenvalue weighted by atomic mass is 9.96. The third kappa shape index (κ3) is 3.39. The number of benzene rings is 1. The summed E-state index contributed by atoms with van der Waals surface area (Å²) < 4.78 is 2.20. The second-order valence-electron chi connectivity index (χ2n) is 7.68. The van der Waals surface area contributed by atoms with E-state index >= 15 is 0 Å². The minimum absolute atomic E-state index is 0.0338. The van der Waals surface area contributed by atoms with Crippen LogP contribution in [0.25, 0.3) is 5.82 Å². The Kier molecular flexibility index (Phi) is 5.00. The Morgan fingerprint density at radius 1 is 0.871 bits per heavy atom. The molecule has 0 saturated carbocycles. The van der Waals surface area contributed by atoms with Gasteiger partial charge in [-0.15, -0.1) is 0 Å². The van der Waals surface area contributed by atoms with Crippen molar-refractivity contribution in [3.8, 4) is 5.82 Å². The standard InChI is InChI=1S/C25H23N5S/c1-17-16-20(18(2)29(17)22-13-7-9-15-27-22)24-23(21-12-6-8-14-26-21)28-25(31)30(24)19-10-4-3-5-11-19/h3-16,23-24H,1-2H3,(H,28,31)/t23-,24+/m1/s1. The van der Waals surface area contributed by atoms with Crippen LogP contribution in [0.1, 0.15) is 34.7 Å². The summed E-state index contributed by atoms with van der Waals surface area (Å²) in [5.74, 6) is 0.915. The number of hydrogen-bond donors (Lipinski definition) is 1. The molecule has 0 amide bonds. The number of thiocarbonyl (C=S) groups is 1.